The van der Waals surface area contributed by atoms with Crippen LogP contribution >= 0.6 is 0 Å². The molecule has 1 saturated heterocycles. The Labute approximate surface area is 224 Å². The zero-order chi connectivity index (χ0) is 27.0. The van der Waals surface area contributed by atoms with E-state index >= 15 is 0 Å². The molecule has 0 bridgehead atoms. The molecule has 0 spiro atoms. The molecule has 0 radical (unpaired) electrons. The van der Waals surface area contributed by atoms with Gasteiger partial charge in [-0.3, -0.25) is 0 Å². The minimum Gasteiger partial charge on any atom is -0.458 e. The van der Waals surface area contributed by atoms with Gasteiger partial charge in [0.05, 0.1) is 18.3 Å². The summed E-state index contributed by atoms with van der Waals surface area (Å²) in [6.07, 6.45) is 3.41. The number of esters is 1. The van der Waals surface area contributed by atoms with Crippen molar-refractivity contribution in [2.45, 2.75) is 114 Å². The molecular weight excluding hydrogens is 492 g/mol. The smallest absolute Gasteiger partial charge is 0.331 e. The fourth-order valence-electron chi connectivity index (χ4n) is 9.86. The number of hydrogen-bond donors (Lipinski definition) is 5. The number of aliphatic hydroxyl groups is 5. The molecule has 9 nitrogen and oxygen atoms in total. The maximum Gasteiger partial charge on any atom is 0.331 e. The Morgan fingerprint density at radius 3 is 2.47 bits per heavy atom. The van der Waals surface area contributed by atoms with E-state index in [-0.39, 0.29) is 34.7 Å². The molecular formula is C29H44O9. The van der Waals surface area contributed by atoms with Crippen LogP contribution in [0.2, 0.25) is 0 Å². The van der Waals surface area contributed by atoms with Gasteiger partial charge in [-0.15, -0.1) is 0 Å². The van der Waals surface area contributed by atoms with Crippen molar-refractivity contribution < 1.29 is 44.5 Å². The summed E-state index contributed by atoms with van der Waals surface area (Å²) in [7, 11) is 0. The SMILES string of the molecule is C[C@@]12CC[C@@H](O[C@H]3O[C@@H](CO)[C@H](O)[C@@H](O)[C@@H]3O)CC1CC[C@H]1C2CC[C@@]2(C)[C@H](C3=CC(=O)OC3)CC[C@@]12O. The second kappa shape index (κ2) is 9.50. The zero-order valence-corrected chi connectivity index (χ0v) is 22.5. The monoisotopic (exact) mass is 536 g/mol. The van der Waals surface area contributed by atoms with Crippen molar-refractivity contribution in [3.05, 3.63) is 11.6 Å². The van der Waals surface area contributed by atoms with E-state index in [4.69, 9.17) is 14.2 Å². The van der Waals surface area contributed by atoms with Gasteiger partial charge < -0.3 is 39.7 Å². The highest BCUT2D eigenvalue weighted by molar-refractivity contribution is 5.85. The van der Waals surface area contributed by atoms with Crippen molar-refractivity contribution >= 4 is 5.97 Å². The van der Waals surface area contributed by atoms with Gasteiger partial charge in [0.1, 0.15) is 31.0 Å². The van der Waals surface area contributed by atoms with Gasteiger partial charge in [0.2, 0.25) is 0 Å². The molecule has 4 aliphatic carbocycles. The molecule has 2 unspecified atom stereocenters. The number of carbonyl (C=O) groups is 1. The highest BCUT2D eigenvalue weighted by atomic mass is 16.7. The molecule has 2 aliphatic heterocycles. The van der Waals surface area contributed by atoms with Gasteiger partial charge in [-0.1, -0.05) is 13.8 Å². The molecule has 6 aliphatic rings. The first kappa shape index (κ1) is 27.1. The van der Waals surface area contributed by atoms with Gasteiger partial charge in [-0.2, -0.15) is 0 Å². The fourth-order valence-corrected chi connectivity index (χ4v) is 9.86. The number of rotatable bonds is 4. The third-order valence-electron chi connectivity index (χ3n) is 12.1. The molecule has 0 aromatic rings. The summed E-state index contributed by atoms with van der Waals surface area (Å²) in [5.41, 5.74) is 0.141. The molecule has 38 heavy (non-hydrogen) atoms. The van der Waals surface area contributed by atoms with E-state index in [1.807, 2.05) is 0 Å². The normalized spacial score (nSPS) is 54.5. The van der Waals surface area contributed by atoms with Crippen LogP contribution in [-0.4, -0.2) is 87.1 Å². The average Bonchev–Trinajstić information content (AvgIpc) is 3.44. The van der Waals surface area contributed by atoms with E-state index in [9.17, 15) is 30.3 Å². The van der Waals surface area contributed by atoms with E-state index in [0.29, 0.717) is 18.4 Å². The molecule has 5 fully saturated rings. The highest BCUT2D eigenvalue weighted by Gasteiger charge is 2.67. The van der Waals surface area contributed by atoms with Crippen molar-refractivity contribution in [2.75, 3.05) is 13.2 Å². The van der Waals surface area contributed by atoms with Gasteiger partial charge in [-0.25, -0.2) is 4.79 Å². The summed E-state index contributed by atoms with van der Waals surface area (Å²) < 4.78 is 17.0. The number of carbonyl (C=O) groups excluding carboxylic acids is 1. The lowest BCUT2D eigenvalue weighted by atomic mass is 9.43. The Morgan fingerprint density at radius 2 is 1.76 bits per heavy atom. The summed E-state index contributed by atoms with van der Waals surface area (Å²) >= 11 is 0. The predicted molar refractivity (Wildman–Crippen MR) is 134 cm³/mol. The van der Waals surface area contributed by atoms with E-state index in [0.717, 1.165) is 63.4 Å². The van der Waals surface area contributed by atoms with Crippen LogP contribution in [-0.2, 0) is 19.0 Å². The zero-order valence-electron chi connectivity index (χ0n) is 22.5. The average molecular weight is 537 g/mol. The molecule has 6 rings (SSSR count). The van der Waals surface area contributed by atoms with E-state index in [2.05, 4.69) is 13.8 Å². The summed E-state index contributed by atoms with van der Waals surface area (Å²) in [5, 5.41) is 52.6. The maximum atomic E-state index is 12.4. The van der Waals surface area contributed by atoms with Crippen molar-refractivity contribution in [1.29, 1.82) is 0 Å². The number of fused-ring (bicyclic) bond motifs is 5. The summed E-state index contributed by atoms with van der Waals surface area (Å²) in [6, 6.07) is 0. The second-order valence-corrected chi connectivity index (χ2v) is 13.5. The predicted octanol–water partition coefficient (Wildman–Crippen LogP) is 1.43. The molecule has 4 saturated carbocycles. The Kier molecular flexibility index (Phi) is 6.78. The van der Waals surface area contributed by atoms with Gasteiger partial charge in [0.25, 0.3) is 0 Å². The Morgan fingerprint density at radius 1 is 0.974 bits per heavy atom. The van der Waals surface area contributed by atoms with Crippen LogP contribution in [0, 0.1) is 34.5 Å². The highest BCUT2D eigenvalue weighted by Crippen LogP contribution is 2.70. The lowest BCUT2D eigenvalue weighted by Crippen LogP contribution is -2.63. The third kappa shape index (κ3) is 3.87. The van der Waals surface area contributed by atoms with Crippen LogP contribution in [0.1, 0.15) is 71.6 Å². The molecule has 0 aromatic heterocycles. The number of hydrogen-bond acceptors (Lipinski definition) is 9. The van der Waals surface area contributed by atoms with Crippen LogP contribution in [0.5, 0.6) is 0 Å². The second-order valence-electron chi connectivity index (χ2n) is 13.5. The van der Waals surface area contributed by atoms with Gasteiger partial charge >= 0.3 is 5.97 Å². The number of ether oxygens (including phenoxy) is 3. The quantitative estimate of drug-likeness (QED) is 0.266. The third-order valence-corrected chi connectivity index (χ3v) is 12.1. The summed E-state index contributed by atoms with van der Waals surface area (Å²) in [5.74, 6) is 0.994. The Bertz CT molecular complexity index is 968. The fraction of sp³-hybridized carbons (Fsp3) is 0.897. The first-order valence-electron chi connectivity index (χ1n) is 14.6. The number of aliphatic hydroxyl groups excluding tert-OH is 4. The van der Waals surface area contributed by atoms with Crippen LogP contribution in [0.15, 0.2) is 11.6 Å². The topological polar surface area (TPSA) is 146 Å². The first-order chi connectivity index (χ1) is 18.0. The number of cyclic esters (lactones) is 1. The van der Waals surface area contributed by atoms with Crippen molar-refractivity contribution in [3.8, 4) is 0 Å². The summed E-state index contributed by atoms with van der Waals surface area (Å²) in [6.45, 7) is 4.52. The maximum absolute atomic E-state index is 12.4. The van der Waals surface area contributed by atoms with E-state index in [1.54, 1.807) is 6.08 Å². The van der Waals surface area contributed by atoms with Crippen LogP contribution in [0.3, 0.4) is 0 Å². The van der Waals surface area contributed by atoms with Crippen LogP contribution in [0.4, 0.5) is 0 Å². The molecule has 13 atom stereocenters. The molecule has 2 heterocycles. The minimum atomic E-state index is -1.44. The lowest BCUT2D eigenvalue weighted by molar-refractivity contribution is -0.317. The lowest BCUT2D eigenvalue weighted by Gasteiger charge is -2.64. The molecule has 0 aromatic carbocycles. The Hall–Kier alpha value is -1.07. The summed E-state index contributed by atoms with van der Waals surface area (Å²) in [4.78, 5) is 11.8. The van der Waals surface area contributed by atoms with Crippen LogP contribution < -0.4 is 0 Å². The standard InChI is InChI=1S/C29H44O9/c1-27-8-5-17(37-26-25(34)24(33)23(32)21(13-30)38-26)12-16(27)3-4-20-19(27)6-9-28(2)18(7-10-29(20,28)35)15-11-22(31)36-14-15/h11,16-21,23-26,30,32-35H,3-10,12-14H2,1-2H3/t16?,17-,18+,19?,20+,21+,23+,24-,25+,26+,27-,28+,29-/m1/s1. The molecule has 5 N–H and O–H groups in total. The van der Waals surface area contributed by atoms with Gasteiger partial charge in [0.15, 0.2) is 6.29 Å². The largest absolute Gasteiger partial charge is 0.458 e. The minimum absolute atomic E-state index is 0.0823. The first-order valence-corrected chi connectivity index (χ1v) is 14.6. The van der Waals surface area contributed by atoms with Gasteiger partial charge in [0, 0.05) is 11.5 Å². The molecule has 0 amide bonds. The van der Waals surface area contributed by atoms with E-state index in [1.165, 1.54) is 0 Å². The molecule has 9 heteroatoms. The van der Waals surface area contributed by atoms with Gasteiger partial charge in [-0.05, 0) is 92.4 Å². The van der Waals surface area contributed by atoms with Crippen LogP contribution in [0.25, 0.3) is 0 Å². The van der Waals surface area contributed by atoms with Crippen molar-refractivity contribution in [3.63, 3.8) is 0 Å². The van der Waals surface area contributed by atoms with Crippen molar-refractivity contribution in [1.82, 2.24) is 0 Å². The Balaban J connectivity index is 1.15. The van der Waals surface area contributed by atoms with E-state index < -0.39 is 42.9 Å². The van der Waals surface area contributed by atoms with Crippen molar-refractivity contribution in [2.24, 2.45) is 34.5 Å². The molecule has 214 valence electrons.